The number of hydrogen-bond donors (Lipinski definition) is 2. The summed E-state index contributed by atoms with van der Waals surface area (Å²) in [5, 5.41) is 6.05. The van der Waals surface area contributed by atoms with E-state index >= 15 is 0 Å². The van der Waals surface area contributed by atoms with Gasteiger partial charge in [-0.2, -0.15) is 0 Å². The average molecular weight is 223 g/mol. The number of amides is 1. The maximum absolute atomic E-state index is 11.3. The SMILES string of the molecule is CCCNC(C)c1cccn1CC(=O)NC. The van der Waals surface area contributed by atoms with Crippen molar-refractivity contribution in [3.63, 3.8) is 0 Å². The van der Waals surface area contributed by atoms with Crippen molar-refractivity contribution >= 4 is 5.91 Å². The quantitative estimate of drug-likeness (QED) is 0.763. The van der Waals surface area contributed by atoms with Crippen molar-refractivity contribution in [1.82, 2.24) is 15.2 Å². The molecule has 16 heavy (non-hydrogen) atoms. The smallest absolute Gasteiger partial charge is 0.239 e. The molecule has 90 valence electrons. The third-order valence-electron chi connectivity index (χ3n) is 2.60. The number of likely N-dealkylation sites (N-methyl/N-ethyl adjacent to an activating group) is 1. The minimum Gasteiger partial charge on any atom is -0.358 e. The van der Waals surface area contributed by atoms with Gasteiger partial charge in [-0.05, 0) is 32.0 Å². The lowest BCUT2D eigenvalue weighted by atomic mass is 10.2. The first-order chi connectivity index (χ1) is 7.69. The second kappa shape index (κ2) is 6.33. The Balaban J connectivity index is 2.65. The second-order valence-electron chi connectivity index (χ2n) is 3.91. The van der Waals surface area contributed by atoms with Crippen LogP contribution in [0, 0.1) is 0 Å². The highest BCUT2D eigenvalue weighted by Gasteiger charge is 2.10. The van der Waals surface area contributed by atoms with Crippen LogP contribution in [0.5, 0.6) is 0 Å². The largest absolute Gasteiger partial charge is 0.358 e. The molecule has 1 atom stereocenters. The lowest BCUT2D eigenvalue weighted by Gasteiger charge is -2.16. The molecule has 0 spiro atoms. The zero-order valence-corrected chi connectivity index (χ0v) is 10.3. The molecule has 1 rings (SSSR count). The van der Waals surface area contributed by atoms with Crippen LogP contribution in [0.2, 0.25) is 0 Å². The van der Waals surface area contributed by atoms with Gasteiger partial charge in [-0.15, -0.1) is 0 Å². The van der Waals surface area contributed by atoms with Crippen molar-refractivity contribution in [2.75, 3.05) is 13.6 Å². The van der Waals surface area contributed by atoms with Gasteiger partial charge in [-0.1, -0.05) is 6.92 Å². The van der Waals surface area contributed by atoms with Crippen LogP contribution < -0.4 is 10.6 Å². The van der Waals surface area contributed by atoms with Gasteiger partial charge < -0.3 is 15.2 Å². The molecule has 1 unspecified atom stereocenters. The van der Waals surface area contributed by atoms with E-state index in [1.807, 2.05) is 16.8 Å². The van der Waals surface area contributed by atoms with Crippen molar-refractivity contribution in [3.05, 3.63) is 24.0 Å². The first kappa shape index (κ1) is 12.8. The molecular formula is C12H21N3O. The third kappa shape index (κ3) is 3.38. The number of rotatable bonds is 6. The number of nitrogens with one attached hydrogen (secondary N) is 2. The predicted octanol–water partition coefficient (Wildman–Crippen LogP) is 1.29. The number of aromatic nitrogens is 1. The van der Waals surface area contributed by atoms with E-state index in [2.05, 4.69) is 30.5 Å². The molecule has 0 saturated carbocycles. The zero-order chi connectivity index (χ0) is 12.0. The summed E-state index contributed by atoms with van der Waals surface area (Å²) in [5.74, 6) is 0.0279. The number of carbonyl (C=O) groups excluding carboxylic acids is 1. The van der Waals surface area contributed by atoms with E-state index in [0.29, 0.717) is 6.54 Å². The normalized spacial score (nSPS) is 12.4. The van der Waals surface area contributed by atoms with E-state index in [4.69, 9.17) is 0 Å². The van der Waals surface area contributed by atoms with Crippen molar-refractivity contribution in [3.8, 4) is 0 Å². The van der Waals surface area contributed by atoms with E-state index in [1.54, 1.807) is 7.05 Å². The minimum absolute atomic E-state index is 0.0279. The van der Waals surface area contributed by atoms with Gasteiger partial charge in [0.1, 0.15) is 6.54 Å². The molecule has 0 saturated heterocycles. The monoisotopic (exact) mass is 223 g/mol. The van der Waals surface area contributed by atoms with E-state index < -0.39 is 0 Å². The van der Waals surface area contributed by atoms with E-state index in [0.717, 1.165) is 18.7 Å². The van der Waals surface area contributed by atoms with Gasteiger partial charge in [0.25, 0.3) is 0 Å². The average Bonchev–Trinajstić information content (AvgIpc) is 2.73. The highest BCUT2D eigenvalue weighted by atomic mass is 16.1. The Morgan fingerprint density at radius 1 is 1.56 bits per heavy atom. The predicted molar refractivity (Wildman–Crippen MR) is 65.2 cm³/mol. The summed E-state index contributed by atoms with van der Waals surface area (Å²) >= 11 is 0. The van der Waals surface area contributed by atoms with Gasteiger partial charge in [-0.25, -0.2) is 0 Å². The summed E-state index contributed by atoms with van der Waals surface area (Å²) < 4.78 is 1.98. The molecule has 0 aliphatic carbocycles. The van der Waals surface area contributed by atoms with Crippen LogP contribution in [-0.2, 0) is 11.3 Å². The highest BCUT2D eigenvalue weighted by molar-refractivity contribution is 5.75. The first-order valence-electron chi connectivity index (χ1n) is 5.78. The van der Waals surface area contributed by atoms with Crippen molar-refractivity contribution in [2.24, 2.45) is 0 Å². The summed E-state index contributed by atoms with van der Waals surface area (Å²) in [5.41, 5.74) is 1.15. The molecule has 0 fully saturated rings. The van der Waals surface area contributed by atoms with Gasteiger partial charge in [-0.3, -0.25) is 4.79 Å². The Morgan fingerprint density at radius 2 is 2.31 bits per heavy atom. The summed E-state index contributed by atoms with van der Waals surface area (Å²) in [4.78, 5) is 11.3. The molecular weight excluding hydrogens is 202 g/mol. The van der Waals surface area contributed by atoms with Crippen LogP contribution in [-0.4, -0.2) is 24.1 Å². The standard InChI is InChI=1S/C12H21N3O/c1-4-7-14-10(2)11-6-5-8-15(11)9-12(16)13-3/h5-6,8,10,14H,4,7,9H2,1-3H3,(H,13,16). The summed E-state index contributed by atoms with van der Waals surface area (Å²) in [6.07, 6.45) is 3.05. The third-order valence-corrected chi connectivity index (χ3v) is 2.60. The fourth-order valence-corrected chi connectivity index (χ4v) is 1.66. The molecule has 0 bridgehead atoms. The van der Waals surface area contributed by atoms with Gasteiger partial charge in [0.2, 0.25) is 5.91 Å². The molecule has 1 amide bonds. The number of nitrogens with zero attached hydrogens (tertiary/aromatic N) is 1. The molecule has 0 aliphatic rings. The molecule has 2 N–H and O–H groups in total. The Bertz CT molecular complexity index is 333. The molecule has 1 aromatic heterocycles. The summed E-state index contributed by atoms with van der Waals surface area (Å²) in [6.45, 7) is 5.64. The van der Waals surface area contributed by atoms with Crippen LogP contribution in [0.15, 0.2) is 18.3 Å². The van der Waals surface area contributed by atoms with Crippen molar-refractivity contribution < 1.29 is 4.79 Å². The molecule has 1 aromatic rings. The number of hydrogen-bond acceptors (Lipinski definition) is 2. The Morgan fingerprint density at radius 3 is 2.94 bits per heavy atom. The van der Waals surface area contributed by atoms with Crippen LogP contribution in [0.4, 0.5) is 0 Å². The molecule has 1 heterocycles. The first-order valence-corrected chi connectivity index (χ1v) is 5.78. The van der Waals surface area contributed by atoms with Gasteiger partial charge in [0, 0.05) is 25.0 Å². The maximum Gasteiger partial charge on any atom is 0.239 e. The lowest BCUT2D eigenvalue weighted by Crippen LogP contribution is -2.27. The summed E-state index contributed by atoms with van der Waals surface area (Å²) in [7, 11) is 1.66. The van der Waals surface area contributed by atoms with Crippen LogP contribution >= 0.6 is 0 Å². The Hall–Kier alpha value is -1.29. The van der Waals surface area contributed by atoms with Gasteiger partial charge in [0.05, 0.1) is 0 Å². The molecule has 4 nitrogen and oxygen atoms in total. The Labute approximate surface area is 97.0 Å². The Kier molecular flexibility index (Phi) is 5.05. The highest BCUT2D eigenvalue weighted by Crippen LogP contribution is 2.13. The summed E-state index contributed by atoms with van der Waals surface area (Å²) in [6, 6.07) is 4.30. The van der Waals surface area contributed by atoms with Crippen molar-refractivity contribution in [2.45, 2.75) is 32.9 Å². The van der Waals surface area contributed by atoms with Gasteiger partial charge in [0.15, 0.2) is 0 Å². The van der Waals surface area contributed by atoms with Crippen molar-refractivity contribution in [1.29, 1.82) is 0 Å². The second-order valence-corrected chi connectivity index (χ2v) is 3.91. The van der Waals surface area contributed by atoms with E-state index in [1.165, 1.54) is 0 Å². The topological polar surface area (TPSA) is 46.1 Å². The molecule has 0 aliphatic heterocycles. The van der Waals surface area contributed by atoms with E-state index in [-0.39, 0.29) is 11.9 Å². The van der Waals surface area contributed by atoms with Crippen LogP contribution in [0.25, 0.3) is 0 Å². The lowest BCUT2D eigenvalue weighted by molar-refractivity contribution is -0.121. The van der Waals surface area contributed by atoms with Gasteiger partial charge >= 0.3 is 0 Å². The number of carbonyl (C=O) groups is 1. The minimum atomic E-state index is 0.0279. The fraction of sp³-hybridized carbons (Fsp3) is 0.583. The zero-order valence-electron chi connectivity index (χ0n) is 10.3. The fourth-order valence-electron chi connectivity index (χ4n) is 1.66. The molecule has 0 radical (unpaired) electrons. The molecule has 4 heteroatoms. The molecule has 0 aromatic carbocycles. The maximum atomic E-state index is 11.3. The van der Waals surface area contributed by atoms with Crippen LogP contribution in [0.1, 0.15) is 32.0 Å². The van der Waals surface area contributed by atoms with Crippen LogP contribution in [0.3, 0.4) is 0 Å². The van der Waals surface area contributed by atoms with E-state index in [9.17, 15) is 4.79 Å².